The number of imidazole rings is 1. The lowest BCUT2D eigenvalue weighted by atomic mass is 10.1. The lowest BCUT2D eigenvalue weighted by molar-refractivity contribution is 0.0690. The summed E-state index contributed by atoms with van der Waals surface area (Å²) in [5.41, 5.74) is 2.90. The Balaban J connectivity index is 1.80. The first-order valence-electron chi connectivity index (χ1n) is 8.19. The highest BCUT2D eigenvalue weighted by atomic mass is 35.5. The van der Waals surface area contributed by atoms with Gasteiger partial charge >= 0.3 is 5.97 Å². The molecule has 0 aliphatic carbocycles. The summed E-state index contributed by atoms with van der Waals surface area (Å²) in [6.07, 6.45) is 3.77. The number of carbonyl (C=O) groups is 1. The number of carboxylic acids is 1. The second-order valence-corrected chi connectivity index (χ2v) is 6.37. The number of aromatic nitrogens is 5. The summed E-state index contributed by atoms with van der Waals surface area (Å²) in [5.74, 6) is -0.711. The fourth-order valence-electron chi connectivity index (χ4n) is 2.95. The third kappa shape index (κ3) is 3.01. The minimum Gasteiger partial charge on any atom is -0.494 e. The number of anilines is 2. The van der Waals surface area contributed by atoms with Crippen molar-refractivity contribution in [1.29, 1.82) is 0 Å². The van der Waals surface area contributed by atoms with Crippen LogP contribution in [0.4, 0.5) is 11.4 Å². The maximum absolute atomic E-state index is 11.4. The standard InChI is InChI=1S/C18H15ClN6O3/c1-24-6-7-25-15(24)9-12(23-25)10-4-3-5-11(17(10)28-2)20-13-8-14(19)21-22-16(13)18(26)27/h3-9H,1-2H3,(H,20,21)(H,26,27). The molecule has 142 valence electrons. The monoisotopic (exact) mass is 398 g/mol. The van der Waals surface area contributed by atoms with E-state index in [2.05, 4.69) is 20.6 Å². The number of hydrogen-bond donors (Lipinski definition) is 2. The number of aryl methyl sites for hydroxylation is 1. The van der Waals surface area contributed by atoms with Crippen molar-refractivity contribution in [2.24, 2.45) is 7.05 Å². The van der Waals surface area contributed by atoms with Crippen molar-refractivity contribution in [1.82, 2.24) is 24.4 Å². The summed E-state index contributed by atoms with van der Waals surface area (Å²) < 4.78 is 9.32. The van der Waals surface area contributed by atoms with E-state index in [4.69, 9.17) is 16.3 Å². The Labute approximate surface area is 164 Å². The highest BCUT2D eigenvalue weighted by molar-refractivity contribution is 6.29. The molecule has 0 bridgehead atoms. The Morgan fingerprint density at radius 2 is 2.04 bits per heavy atom. The quantitative estimate of drug-likeness (QED) is 0.531. The van der Waals surface area contributed by atoms with Crippen LogP contribution in [0.2, 0.25) is 5.15 Å². The number of hydrogen-bond acceptors (Lipinski definition) is 6. The fraction of sp³-hybridized carbons (Fsp3) is 0.111. The van der Waals surface area contributed by atoms with Gasteiger partial charge in [-0.15, -0.1) is 10.2 Å². The summed E-state index contributed by atoms with van der Waals surface area (Å²) in [4.78, 5) is 11.4. The number of rotatable bonds is 5. The van der Waals surface area contributed by atoms with Crippen LogP contribution in [0.1, 0.15) is 10.5 Å². The Morgan fingerprint density at radius 3 is 2.75 bits per heavy atom. The first-order chi connectivity index (χ1) is 13.5. The van der Waals surface area contributed by atoms with E-state index < -0.39 is 5.97 Å². The van der Waals surface area contributed by atoms with E-state index in [-0.39, 0.29) is 16.5 Å². The fourth-order valence-corrected chi connectivity index (χ4v) is 3.10. The number of para-hydroxylation sites is 1. The van der Waals surface area contributed by atoms with Crippen molar-refractivity contribution in [3.05, 3.63) is 53.6 Å². The topological polar surface area (TPSA) is 107 Å². The van der Waals surface area contributed by atoms with Crippen LogP contribution in [0, 0.1) is 0 Å². The van der Waals surface area contributed by atoms with E-state index in [0.29, 0.717) is 11.4 Å². The SMILES string of the molecule is COc1c(Nc2cc(Cl)nnc2C(=O)O)cccc1-c1cc2n(C)ccn2n1. The lowest BCUT2D eigenvalue weighted by Gasteiger charge is -2.15. The van der Waals surface area contributed by atoms with Crippen molar-refractivity contribution in [2.75, 3.05) is 12.4 Å². The molecule has 28 heavy (non-hydrogen) atoms. The second kappa shape index (κ2) is 6.86. The molecule has 0 saturated carbocycles. The number of benzene rings is 1. The summed E-state index contributed by atoms with van der Waals surface area (Å²) >= 11 is 5.88. The molecule has 0 amide bonds. The number of halogens is 1. The summed E-state index contributed by atoms with van der Waals surface area (Å²) in [7, 11) is 3.47. The Kier molecular flexibility index (Phi) is 4.36. The minimum atomic E-state index is -1.22. The van der Waals surface area contributed by atoms with Gasteiger partial charge in [0.1, 0.15) is 5.65 Å². The average molecular weight is 399 g/mol. The van der Waals surface area contributed by atoms with E-state index >= 15 is 0 Å². The number of fused-ring (bicyclic) bond motifs is 1. The molecule has 0 fully saturated rings. The molecule has 0 aliphatic heterocycles. The van der Waals surface area contributed by atoms with E-state index in [9.17, 15) is 9.90 Å². The molecule has 0 aliphatic rings. The number of nitrogens with zero attached hydrogens (tertiary/aromatic N) is 5. The van der Waals surface area contributed by atoms with Gasteiger partial charge in [0.25, 0.3) is 0 Å². The van der Waals surface area contributed by atoms with Gasteiger partial charge in [0.2, 0.25) is 0 Å². The molecule has 0 unspecified atom stereocenters. The van der Waals surface area contributed by atoms with Crippen LogP contribution in [-0.4, -0.2) is 42.6 Å². The van der Waals surface area contributed by atoms with Crippen LogP contribution in [0.15, 0.2) is 42.7 Å². The minimum absolute atomic E-state index is 0.0722. The summed E-state index contributed by atoms with van der Waals surface area (Å²) in [5, 5.41) is 24.2. The maximum Gasteiger partial charge on any atom is 0.358 e. The molecule has 3 heterocycles. The highest BCUT2D eigenvalue weighted by Crippen LogP contribution is 2.38. The number of nitrogens with one attached hydrogen (secondary N) is 1. The number of methoxy groups -OCH3 is 1. The molecular weight excluding hydrogens is 384 g/mol. The van der Waals surface area contributed by atoms with Gasteiger partial charge in [-0.3, -0.25) is 0 Å². The first-order valence-corrected chi connectivity index (χ1v) is 8.57. The third-order valence-electron chi connectivity index (χ3n) is 4.24. The number of aromatic carboxylic acids is 1. The van der Waals surface area contributed by atoms with Crippen LogP contribution in [-0.2, 0) is 7.05 Å². The maximum atomic E-state index is 11.4. The van der Waals surface area contributed by atoms with Crippen molar-refractivity contribution < 1.29 is 14.6 Å². The molecule has 2 N–H and O–H groups in total. The van der Waals surface area contributed by atoms with Crippen LogP contribution >= 0.6 is 11.6 Å². The van der Waals surface area contributed by atoms with Crippen LogP contribution < -0.4 is 10.1 Å². The van der Waals surface area contributed by atoms with Crippen molar-refractivity contribution in [3.8, 4) is 17.0 Å². The van der Waals surface area contributed by atoms with Gasteiger partial charge in [-0.1, -0.05) is 17.7 Å². The van der Waals surface area contributed by atoms with Crippen molar-refractivity contribution in [2.45, 2.75) is 0 Å². The third-order valence-corrected chi connectivity index (χ3v) is 4.42. The summed E-state index contributed by atoms with van der Waals surface area (Å²) in [6, 6.07) is 8.80. The summed E-state index contributed by atoms with van der Waals surface area (Å²) in [6.45, 7) is 0. The smallest absolute Gasteiger partial charge is 0.358 e. The highest BCUT2D eigenvalue weighted by Gasteiger charge is 2.18. The Hall–Kier alpha value is -3.59. The van der Waals surface area contributed by atoms with E-state index in [0.717, 1.165) is 16.9 Å². The molecule has 0 radical (unpaired) electrons. The molecule has 9 nitrogen and oxygen atoms in total. The number of carboxylic acid groups (broad SMARTS) is 1. The molecule has 0 atom stereocenters. The van der Waals surface area contributed by atoms with Gasteiger partial charge < -0.3 is 19.7 Å². The molecule has 3 aromatic heterocycles. The molecule has 4 aromatic rings. The van der Waals surface area contributed by atoms with Gasteiger partial charge in [-0.2, -0.15) is 5.10 Å². The zero-order chi connectivity index (χ0) is 19.8. The Morgan fingerprint density at radius 1 is 1.21 bits per heavy atom. The van der Waals surface area contributed by atoms with E-state index in [1.54, 1.807) is 10.6 Å². The molecule has 10 heteroatoms. The van der Waals surface area contributed by atoms with Gasteiger partial charge in [0, 0.05) is 37.1 Å². The van der Waals surface area contributed by atoms with Crippen molar-refractivity contribution >= 4 is 34.6 Å². The molecule has 0 saturated heterocycles. The molecule has 1 aromatic carbocycles. The second-order valence-electron chi connectivity index (χ2n) is 5.99. The van der Waals surface area contributed by atoms with Crippen LogP contribution in [0.5, 0.6) is 5.75 Å². The van der Waals surface area contributed by atoms with Gasteiger partial charge in [-0.05, 0) is 12.1 Å². The normalized spacial score (nSPS) is 11.0. The van der Waals surface area contributed by atoms with E-state index in [1.165, 1.54) is 13.2 Å². The zero-order valence-electron chi connectivity index (χ0n) is 14.9. The van der Waals surface area contributed by atoms with Gasteiger partial charge in [-0.25, -0.2) is 9.31 Å². The van der Waals surface area contributed by atoms with Crippen LogP contribution in [0.3, 0.4) is 0 Å². The van der Waals surface area contributed by atoms with Gasteiger partial charge in [0.05, 0.1) is 24.2 Å². The lowest BCUT2D eigenvalue weighted by Crippen LogP contribution is -2.08. The molecule has 0 spiro atoms. The predicted octanol–water partition coefficient (Wildman–Crippen LogP) is 3.23. The predicted molar refractivity (Wildman–Crippen MR) is 103 cm³/mol. The van der Waals surface area contributed by atoms with Crippen LogP contribution in [0.25, 0.3) is 16.9 Å². The Bertz CT molecular complexity index is 1200. The average Bonchev–Trinajstić information content (AvgIpc) is 3.23. The zero-order valence-corrected chi connectivity index (χ0v) is 15.7. The largest absolute Gasteiger partial charge is 0.494 e. The van der Waals surface area contributed by atoms with E-state index in [1.807, 2.05) is 42.2 Å². The molecule has 4 rings (SSSR count). The van der Waals surface area contributed by atoms with Crippen molar-refractivity contribution in [3.63, 3.8) is 0 Å². The van der Waals surface area contributed by atoms with Gasteiger partial charge in [0.15, 0.2) is 16.6 Å². The molecular formula is C18H15ClN6O3. The number of ether oxygens (including phenoxy) is 1. The first kappa shape index (κ1) is 17.8.